The molecule has 1 aliphatic heterocycles. The minimum Gasteiger partial charge on any atom is -0.351 e. The number of hydrogen-bond donors (Lipinski definition) is 2. The molecule has 0 spiro atoms. The maximum absolute atomic E-state index is 13.9. The molecule has 0 aromatic heterocycles. The van der Waals surface area contributed by atoms with E-state index >= 15 is 0 Å². The van der Waals surface area contributed by atoms with Crippen LogP contribution >= 0.6 is 21.6 Å². The Bertz CT molecular complexity index is 890. The van der Waals surface area contributed by atoms with Crippen LogP contribution < -0.4 is 10.2 Å². The van der Waals surface area contributed by atoms with Gasteiger partial charge in [0.05, 0.1) is 0 Å². The van der Waals surface area contributed by atoms with Crippen LogP contribution in [0.25, 0.3) is 0 Å². The number of amides is 3. The molecule has 0 saturated heterocycles. The third kappa shape index (κ3) is 5.22. The van der Waals surface area contributed by atoms with Gasteiger partial charge >= 0.3 is 0 Å². The minimum absolute atomic E-state index is 0.0735. The molecule has 1 aromatic rings. The number of nitrogens with one attached hydrogen (secondary N) is 2. The first kappa shape index (κ1) is 22.6. The topological polar surface area (TPSA) is 117 Å². The summed E-state index contributed by atoms with van der Waals surface area (Å²) in [7, 11) is 2.54. The maximum Gasteiger partial charge on any atom is 0.257 e. The molecule has 1 aliphatic rings. The van der Waals surface area contributed by atoms with Crippen molar-refractivity contribution in [3.8, 4) is 0 Å². The zero-order valence-electron chi connectivity index (χ0n) is 14.4. The molecule has 8 nitrogen and oxygen atoms in total. The highest BCUT2D eigenvalue weighted by atomic mass is 33.1. The molecule has 0 bridgehead atoms. The zero-order valence-corrected chi connectivity index (χ0v) is 16.0. The lowest BCUT2D eigenvalue weighted by molar-refractivity contribution is -0.136. The van der Waals surface area contributed by atoms with Crippen molar-refractivity contribution in [3.05, 3.63) is 41.0 Å². The van der Waals surface area contributed by atoms with Gasteiger partial charge in [0, 0.05) is 36.7 Å². The molecule has 3 amide bonds. The molecule has 14 heteroatoms. The number of benzene rings is 1. The lowest BCUT2D eigenvalue weighted by Gasteiger charge is -2.12. The summed E-state index contributed by atoms with van der Waals surface area (Å²) in [5.41, 5.74) is 3.51. The molecule has 2 N–H and O–H groups in total. The van der Waals surface area contributed by atoms with E-state index in [4.69, 9.17) is 5.53 Å². The van der Waals surface area contributed by atoms with E-state index in [1.165, 1.54) is 33.7 Å². The number of nitrogens with zero attached hydrogens (tertiary/aromatic N) is 3. The first-order valence-corrected chi connectivity index (χ1v) is 10.3. The van der Waals surface area contributed by atoms with Crippen molar-refractivity contribution in [2.75, 3.05) is 24.6 Å². The molecule has 0 radical (unpaired) electrons. The van der Waals surface area contributed by atoms with E-state index < -0.39 is 52.2 Å². The van der Waals surface area contributed by atoms with Gasteiger partial charge in [-0.2, -0.15) is 0 Å². The average Bonchev–Trinajstić information content (AvgIpc) is 3.01. The summed E-state index contributed by atoms with van der Waals surface area (Å²) in [6.07, 6.45) is 2.34. The summed E-state index contributed by atoms with van der Waals surface area (Å²) in [6.45, 7) is 0.127. The lowest BCUT2D eigenvalue weighted by Crippen LogP contribution is -2.31. The van der Waals surface area contributed by atoms with E-state index in [9.17, 15) is 31.9 Å². The Morgan fingerprint density at radius 3 is 2.14 bits per heavy atom. The average molecular weight is 450 g/mol. The van der Waals surface area contributed by atoms with Gasteiger partial charge in [-0.25, -0.2) is 17.6 Å². The molecule has 0 saturated carbocycles. The van der Waals surface area contributed by atoms with Crippen LogP contribution in [-0.2, 0) is 9.59 Å². The molecule has 0 unspecified atom stereocenters. The van der Waals surface area contributed by atoms with Crippen LogP contribution in [0, 0.1) is 28.8 Å². The van der Waals surface area contributed by atoms with Crippen LogP contribution in [-0.4, -0.2) is 47.2 Å². The second-order valence-electron chi connectivity index (χ2n) is 5.24. The molecule has 1 heterocycles. The summed E-state index contributed by atoms with van der Waals surface area (Å²) in [5.74, 6) is -9.22. The number of carbonyl (C=O) groups is 3. The lowest BCUT2D eigenvalue weighted by atomic mass is 10.1. The summed E-state index contributed by atoms with van der Waals surface area (Å²) in [4.78, 5) is 37.9. The van der Waals surface area contributed by atoms with Gasteiger partial charge in [-0.3, -0.25) is 19.3 Å². The van der Waals surface area contributed by atoms with Gasteiger partial charge in [-0.15, -0.1) is 0 Å². The van der Waals surface area contributed by atoms with E-state index in [1.54, 1.807) is 0 Å². The van der Waals surface area contributed by atoms with Crippen molar-refractivity contribution < 1.29 is 31.9 Å². The molecule has 154 valence electrons. The van der Waals surface area contributed by atoms with Crippen LogP contribution in [0.1, 0.15) is 10.4 Å². The van der Waals surface area contributed by atoms with Crippen molar-refractivity contribution >= 4 is 45.0 Å². The van der Waals surface area contributed by atoms with Gasteiger partial charge in [0.1, 0.15) is 11.1 Å². The molecule has 2 rings (SSSR count). The standard InChI is InChI=1S/C15H11F4N5O3S2/c16-10-9(11(17)13(19)14(12(10)18)22-23-20)15(27)21-3-5-28-29-6-4-24-7(25)1-2-8(24)26/h1-2,20H,3-6H2/p+1. The van der Waals surface area contributed by atoms with Gasteiger partial charge < -0.3 is 5.32 Å². The van der Waals surface area contributed by atoms with Crippen molar-refractivity contribution in [3.63, 3.8) is 0 Å². The van der Waals surface area contributed by atoms with Crippen LogP contribution in [0.15, 0.2) is 17.3 Å². The van der Waals surface area contributed by atoms with Crippen LogP contribution in [0.2, 0.25) is 0 Å². The highest BCUT2D eigenvalue weighted by Gasteiger charge is 2.31. The van der Waals surface area contributed by atoms with Gasteiger partial charge in [-0.1, -0.05) is 21.6 Å². The van der Waals surface area contributed by atoms with Gasteiger partial charge in [-0.05, 0) is 0 Å². The molecule has 29 heavy (non-hydrogen) atoms. The quantitative estimate of drug-likeness (QED) is 0.114. The summed E-state index contributed by atoms with van der Waals surface area (Å²) >= 11 is 0. The van der Waals surface area contributed by atoms with Crippen molar-refractivity contribution in [1.82, 2.24) is 15.1 Å². The van der Waals surface area contributed by atoms with Crippen LogP contribution in [0.5, 0.6) is 0 Å². The van der Waals surface area contributed by atoms with Crippen LogP contribution in [0.4, 0.5) is 23.2 Å². The number of carbonyl (C=O) groups excluding carboxylic acids is 3. The minimum atomic E-state index is -1.95. The number of hydrogen-bond acceptors (Lipinski definition) is 7. The predicted molar refractivity (Wildman–Crippen MR) is 96.3 cm³/mol. The van der Waals surface area contributed by atoms with E-state index in [2.05, 4.69) is 15.3 Å². The Morgan fingerprint density at radius 2 is 1.59 bits per heavy atom. The van der Waals surface area contributed by atoms with Crippen LogP contribution in [0.3, 0.4) is 0 Å². The Morgan fingerprint density at radius 1 is 1.03 bits per heavy atom. The fraction of sp³-hybridized carbons (Fsp3) is 0.267. The third-order valence-electron chi connectivity index (χ3n) is 3.47. The molecular weight excluding hydrogens is 438 g/mol. The number of halogens is 4. The normalized spacial score (nSPS) is 13.0. The highest BCUT2D eigenvalue weighted by Crippen LogP contribution is 2.30. The van der Waals surface area contributed by atoms with Gasteiger partial charge in [0.15, 0.2) is 28.4 Å². The number of imide groups is 1. The third-order valence-corrected chi connectivity index (χ3v) is 5.86. The molecular formula is C15H12F4N5O3S2+. The molecule has 0 fully saturated rings. The first-order valence-electron chi connectivity index (χ1n) is 7.79. The largest absolute Gasteiger partial charge is 0.351 e. The van der Waals surface area contributed by atoms with Crippen molar-refractivity contribution in [2.24, 2.45) is 5.11 Å². The Hall–Kier alpha value is -2.70. The Balaban J connectivity index is 1.82. The van der Waals surface area contributed by atoms with Crippen molar-refractivity contribution in [1.29, 1.82) is 5.53 Å². The molecule has 1 aromatic carbocycles. The highest BCUT2D eigenvalue weighted by molar-refractivity contribution is 8.76. The van der Waals surface area contributed by atoms with E-state index in [1.807, 2.05) is 0 Å². The van der Waals surface area contributed by atoms with E-state index in [-0.39, 0.29) is 18.8 Å². The monoisotopic (exact) mass is 450 g/mol. The molecule has 0 aliphatic carbocycles. The SMILES string of the molecule is N=[N+]=Nc1c(F)c(F)c(C(=O)NCCSSCCN2C(=O)C=CC2=O)c(F)c1F. The van der Waals surface area contributed by atoms with E-state index in [0.29, 0.717) is 5.75 Å². The maximum atomic E-state index is 13.9. The Kier molecular flexibility index (Phi) is 7.93. The first-order chi connectivity index (χ1) is 13.8. The smallest absolute Gasteiger partial charge is 0.257 e. The van der Waals surface area contributed by atoms with Crippen molar-refractivity contribution in [2.45, 2.75) is 0 Å². The van der Waals surface area contributed by atoms with E-state index in [0.717, 1.165) is 4.90 Å². The van der Waals surface area contributed by atoms with Gasteiger partial charge in [0.25, 0.3) is 17.7 Å². The fourth-order valence-electron chi connectivity index (χ4n) is 2.15. The summed E-state index contributed by atoms with van der Waals surface area (Å²) < 4.78 is 55.2. The van der Waals surface area contributed by atoms with Gasteiger partial charge in [0.2, 0.25) is 10.6 Å². The predicted octanol–water partition coefficient (Wildman–Crippen LogP) is 2.46. The zero-order chi connectivity index (χ0) is 21.6. The second kappa shape index (κ2) is 10.2. The fourth-order valence-corrected chi connectivity index (χ4v) is 4.01. The second-order valence-corrected chi connectivity index (χ2v) is 7.94. The summed E-state index contributed by atoms with van der Waals surface area (Å²) in [6, 6.07) is 0. The summed E-state index contributed by atoms with van der Waals surface area (Å²) in [5, 5.41) is 4.77. The number of rotatable bonds is 9. The Labute approximate surface area is 168 Å². The molecule has 0 atom stereocenters.